The quantitative estimate of drug-likeness (QED) is 0.0209. The Labute approximate surface area is 320 Å². The number of carbonyl (C=O) groups excluding carboxylic acids is 1. The third kappa shape index (κ3) is 39.5. The van der Waals surface area contributed by atoms with E-state index < -0.39 is 13.9 Å². The minimum atomic E-state index is -4.28. The number of rotatable bonds is 40. The summed E-state index contributed by atoms with van der Waals surface area (Å²) in [6.07, 6.45) is 48.1. The van der Waals surface area contributed by atoms with Gasteiger partial charge in [-0.2, -0.15) is 0 Å². The number of hydrogen-bond donors (Lipinski definition) is 2. The smallest absolute Gasteiger partial charge is 0.472 e. The van der Waals surface area contributed by atoms with Crippen molar-refractivity contribution in [3.8, 4) is 0 Å². The largest absolute Gasteiger partial charge is 0.492 e. The maximum absolute atomic E-state index is 12.4. The van der Waals surface area contributed by atoms with Crippen molar-refractivity contribution < 1.29 is 32.8 Å². The second kappa shape index (κ2) is 40.5. The fraction of sp³-hybridized carbons (Fsp3) is 0.791. The van der Waals surface area contributed by atoms with Gasteiger partial charge >= 0.3 is 13.8 Å². The Morgan fingerprint density at radius 1 is 0.596 bits per heavy atom. The third-order valence-corrected chi connectivity index (χ3v) is 9.82. The van der Waals surface area contributed by atoms with Gasteiger partial charge in [0.15, 0.2) is 6.10 Å². The molecule has 0 aliphatic heterocycles. The molecule has 304 valence electrons. The second-order valence-corrected chi connectivity index (χ2v) is 15.4. The molecular formula is C43H80NO7P. The lowest BCUT2D eigenvalue weighted by molar-refractivity contribution is -0.147. The molecule has 0 spiro atoms. The number of phosphoric ester groups is 1. The van der Waals surface area contributed by atoms with Gasteiger partial charge in [-0.1, -0.05) is 166 Å². The van der Waals surface area contributed by atoms with Gasteiger partial charge in [0.2, 0.25) is 0 Å². The number of esters is 1. The normalized spacial score (nSPS) is 13.9. The number of allylic oxidation sites excluding steroid dienone is 7. The molecule has 2 atom stereocenters. The van der Waals surface area contributed by atoms with E-state index in [4.69, 9.17) is 24.3 Å². The summed E-state index contributed by atoms with van der Waals surface area (Å²) in [5, 5.41) is 0. The Morgan fingerprint density at radius 3 is 1.54 bits per heavy atom. The van der Waals surface area contributed by atoms with Crippen molar-refractivity contribution in [1.29, 1.82) is 0 Å². The van der Waals surface area contributed by atoms with E-state index in [0.29, 0.717) is 6.42 Å². The van der Waals surface area contributed by atoms with E-state index in [1.165, 1.54) is 128 Å². The van der Waals surface area contributed by atoms with Crippen molar-refractivity contribution in [1.82, 2.24) is 0 Å². The SMILES string of the molecule is CCCCCCCC/C=C\C/C=C\C/C=C\CCCC(=O)OC[C@H](COP(=O)(O)OCCN)O/C=C\CCCCCCCCCCCCCCCC. The van der Waals surface area contributed by atoms with Gasteiger partial charge in [-0.15, -0.1) is 0 Å². The van der Waals surface area contributed by atoms with E-state index in [1.54, 1.807) is 6.26 Å². The first kappa shape index (κ1) is 50.3. The van der Waals surface area contributed by atoms with E-state index >= 15 is 0 Å². The predicted molar refractivity (Wildman–Crippen MR) is 219 cm³/mol. The highest BCUT2D eigenvalue weighted by atomic mass is 31.2. The van der Waals surface area contributed by atoms with Gasteiger partial charge in [-0.3, -0.25) is 13.8 Å². The number of hydrogen-bond acceptors (Lipinski definition) is 7. The highest BCUT2D eigenvalue weighted by Gasteiger charge is 2.24. The molecule has 0 aliphatic rings. The van der Waals surface area contributed by atoms with Crippen molar-refractivity contribution in [2.45, 2.75) is 193 Å². The lowest BCUT2D eigenvalue weighted by atomic mass is 10.0. The molecule has 9 heteroatoms. The monoisotopic (exact) mass is 754 g/mol. The van der Waals surface area contributed by atoms with Crippen LogP contribution in [0.25, 0.3) is 0 Å². The van der Waals surface area contributed by atoms with Gasteiger partial charge in [0.05, 0.1) is 19.5 Å². The van der Waals surface area contributed by atoms with Crippen molar-refractivity contribution in [3.05, 3.63) is 48.8 Å². The number of ether oxygens (including phenoxy) is 2. The first-order valence-corrected chi connectivity index (χ1v) is 22.7. The van der Waals surface area contributed by atoms with Gasteiger partial charge < -0.3 is 20.1 Å². The summed E-state index contributed by atoms with van der Waals surface area (Å²) in [6, 6.07) is 0. The molecule has 0 amide bonds. The lowest BCUT2D eigenvalue weighted by Gasteiger charge is -2.19. The molecule has 1 unspecified atom stereocenters. The average Bonchev–Trinajstić information content (AvgIpc) is 3.14. The van der Waals surface area contributed by atoms with Crippen molar-refractivity contribution in [3.63, 3.8) is 0 Å². The predicted octanol–water partition coefficient (Wildman–Crippen LogP) is 12.8. The van der Waals surface area contributed by atoms with Crippen LogP contribution in [-0.2, 0) is 27.9 Å². The molecule has 0 aromatic rings. The first-order chi connectivity index (χ1) is 25.4. The molecule has 0 fully saturated rings. The van der Waals surface area contributed by atoms with Crippen LogP contribution >= 0.6 is 7.82 Å². The molecule has 0 radical (unpaired) electrons. The Balaban J connectivity index is 4.17. The summed E-state index contributed by atoms with van der Waals surface area (Å²) in [6.45, 7) is 4.16. The molecule has 0 heterocycles. The third-order valence-electron chi connectivity index (χ3n) is 8.84. The molecule has 0 aromatic heterocycles. The Hall–Kier alpha value is -1.70. The highest BCUT2D eigenvalue weighted by molar-refractivity contribution is 7.47. The van der Waals surface area contributed by atoms with Gasteiger partial charge in [0.25, 0.3) is 0 Å². The molecule has 0 rings (SSSR count). The summed E-state index contributed by atoms with van der Waals surface area (Å²) in [7, 11) is -4.28. The molecule has 0 aliphatic carbocycles. The zero-order valence-electron chi connectivity index (χ0n) is 33.5. The summed E-state index contributed by atoms with van der Waals surface area (Å²) in [4.78, 5) is 22.2. The minimum Gasteiger partial charge on any atom is -0.492 e. The van der Waals surface area contributed by atoms with Gasteiger partial charge in [-0.25, -0.2) is 4.57 Å². The molecule has 8 nitrogen and oxygen atoms in total. The summed E-state index contributed by atoms with van der Waals surface area (Å²) >= 11 is 0. The number of phosphoric acid groups is 1. The molecule has 0 bridgehead atoms. The maximum atomic E-state index is 12.4. The van der Waals surface area contributed by atoms with Gasteiger partial charge in [0, 0.05) is 13.0 Å². The van der Waals surface area contributed by atoms with E-state index in [0.717, 1.165) is 32.1 Å². The number of carbonyl (C=O) groups is 1. The molecule has 0 saturated carbocycles. The molecule has 52 heavy (non-hydrogen) atoms. The zero-order chi connectivity index (χ0) is 38.1. The highest BCUT2D eigenvalue weighted by Crippen LogP contribution is 2.43. The van der Waals surface area contributed by atoms with Crippen molar-refractivity contribution in [2.75, 3.05) is 26.4 Å². The van der Waals surface area contributed by atoms with E-state index in [2.05, 4.69) is 50.3 Å². The molecule has 3 N–H and O–H groups in total. The topological polar surface area (TPSA) is 117 Å². The maximum Gasteiger partial charge on any atom is 0.472 e. The summed E-state index contributed by atoms with van der Waals surface area (Å²) in [5.41, 5.74) is 5.36. The van der Waals surface area contributed by atoms with E-state index in [9.17, 15) is 14.3 Å². The minimum absolute atomic E-state index is 0.0903. The van der Waals surface area contributed by atoms with Crippen LogP contribution in [0.2, 0.25) is 0 Å². The van der Waals surface area contributed by atoms with Crippen LogP contribution in [0.5, 0.6) is 0 Å². The lowest BCUT2D eigenvalue weighted by Crippen LogP contribution is -2.25. The fourth-order valence-corrected chi connectivity index (χ4v) is 6.41. The molecule has 0 saturated heterocycles. The Morgan fingerprint density at radius 2 is 1.04 bits per heavy atom. The first-order valence-electron chi connectivity index (χ1n) is 21.2. The van der Waals surface area contributed by atoms with Gasteiger partial charge in [-0.05, 0) is 57.4 Å². The fourth-order valence-electron chi connectivity index (χ4n) is 5.64. The summed E-state index contributed by atoms with van der Waals surface area (Å²) < 4.78 is 33.1. The second-order valence-electron chi connectivity index (χ2n) is 13.9. The molecule has 0 aromatic carbocycles. The van der Waals surface area contributed by atoms with Crippen LogP contribution in [0, 0.1) is 0 Å². The van der Waals surface area contributed by atoms with Crippen molar-refractivity contribution in [2.24, 2.45) is 5.73 Å². The van der Waals surface area contributed by atoms with Crippen LogP contribution in [0.4, 0.5) is 0 Å². The zero-order valence-corrected chi connectivity index (χ0v) is 34.4. The standard InChI is InChI=1S/C43H80NO7P/c1-3-5-7-9-11-13-15-17-19-21-22-24-26-28-30-32-34-36-43(45)49-40-42(41-51-52(46,47)50-39-37-44)48-38-35-33-31-29-27-25-23-20-18-16-14-12-10-8-6-4-2/h17,19,22,24,28,30,35,38,42H,3-16,18,20-21,23,25-27,29,31-34,36-37,39-41,44H2,1-2H3,(H,46,47)/b19-17-,24-22-,30-28-,38-35-/t42-/m1/s1. The van der Waals surface area contributed by atoms with E-state index in [1.807, 2.05) is 6.08 Å². The van der Waals surface area contributed by atoms with Gasteiger partial charge in [0.1, 0.15) is 6.61 Å². The van der Waals surface area contributed by atoms with Crippen molar-refractivity contribution >= 4 is 13.8 Å². The van der Waals surface area contributed by atoms with Crippen LogP contribution in [-0.4, -0.2) is 43.3 Å². The Kier molecular flexibility index (Phi) is 39.2. The average molecular weight is 754 g/mol. The van der Waals surface area contributed by atoms with E-state index in [-0.39, 0.29) is 38.8 Å². The molecular weight excluding hydrogens is 673 g/mol. The van der Waals surface area contributed by atoms with Crippen LogP contribution in [0.15, 0.2) is 48.8 Å². The number of unbranched alkanes of at least 4 members (excludes halogenated alkanes) is 21. The van der Waals surface area contributed by atoms with Crippen LogP contribution in [0.3, 0.4) is 0 Å². The van der Waals surface area contributed by atoms with Crippen LogP contribution < -0.4 is 5.73 Å². The Bertz CT molecular complexity index is 936. The summed E-state index contributed by atoms with van der Waals surface area (Å²) in [5.74, 6) is -0.340. The van der Waals surface area contributed by atoms with Crippen LogP contribution in [0.1, 0.15) is 187 Å². The number of nitrogens with two attached hydrogens (primary N) is 1.